The zero-order valence-corrected chi connectivity index (χ0v) is 17.0. The number of rotatable bonds is 5. The van der Waals surface area contributed by atoms with Crippen molar-refractivity contribution in [2.45, 2.75) is 25.7 Å². The minimum atomic E-state index is 0.0355. The van der Waals surface area contributed by atoms with Gasteiger partial charge in [-0.15, -0.1) is 0 Å². The minimum absolute atomic E-state index is 0.0355. The number of aryl methyl sites for hydroxylation is 2. The lowest BCUT2D eigenvalue weighted by atomic mass is 9.90. The highest BCUT2D eigenvalue weighted by molar-refractivity contribution is 5.98. The summed E-state index contributed by atoms with van der Waals surface area (Å²) >= 11 is 0. The first-order valence-electron chi connectivity index (χ1n) is 10.4. The van der Waals surface area contributed by atoms with Crippen LogP contribution in [0.4, 0.5) is 0 Å². The van der Waals surface area contributed by atoms with Crippen molar-refractivity contribution in [2.24, 2.45) is 0 Å². The number of nitrogens with zero attached hydrogens (tertiary/aromatic N) is 2. The van der Waals surface area contributed by atoms with Crippen LogP contribution in [0.3, 0.4) is 0 Å². The summed E-state index contributed by atoms with van der Waals surface area (Å²) in [5.74, 6) is 0.952. The molecule has 5 nitrogen and oxygen atoms in total. The van der Waals surface area contributed by atoms with E-state index < -0.39 is 0 Å². The quantitative estimate of drug-likeness (QED) is 0.733. The highest BCUT2D eigenvalue weighted by Gasteiger charge is 2.24. The molecule has 0 radical (unpaired) electrons. The van der Waals surface area contributed by atoms with Crippen LogP contribution in [0.5, 0.6) is 5.75 Å². The van der Waals surface area contributed by atoms with Crippen LogP contribution >= 0.6 is 0 Å². The van der Waals surface area contributed by atoms with E-state index in [-0.39, 0.29) is 11.7 Å². The molecule has 1 fully saturated rings. The summed E-state index contributed by atoms with van der Waals surface area (Å²) in [6, 6.07) is 13.4. The number of Topliss-reactive ketones (excluding diaryl/α,β-unsaturated/α-hetero) is 1. The van der Waals surface area contributed by atoms with Crippen molar-refractivity contribution >= 4 is 11.7 Å². The van der Waals surface area contributed by atoms with Crippen LogP contribution in [0.1, 0.15) is 44.7 Å². The third-order valence-electron chi connectivity index (χ3n) is 6.03. The van der Waals surface area contributed by atoms with Gasteiger partial charge in [-0.25, -0.2) is 0 Å². The molecule has 4 rings (SSSR count). The van der Waals surface area contributed by atoms with Crippen molar-refractivity contribution in [1.82, 2.24) is 9.80 Å². The smallest absolute Gasteiger partial charge is 0.253 e. The van der Waals surface area contributed by atoms with Gasteiger partial charge in [0.1, 0.15) is 5.75 Å². The molecule has 1 saturated heterocycles. The van der Waals surface area contributed by atoms with Crippen LogP contribution in [0.25, 0.3) is 0 Å². The Hall–Kier alpha value is -2.66. The Labute approximate surface area is 172 Å². The van der Waals surface area contributed by atoms with Gasteiger partial charge in [0.05, 0.1) is 13.7 Å². The van der Waals surface area contributed by atoms with Crippen molar-refractivity contribution in [3.8, 4) is 5.75 Å². The van der Waals surface area contributed by atoms with E-state index in [9.17, 15) is 9.59 Å². The van der Waals surface area contributed by atoms with Crippen LogP contribution in [-0.2, 0) is 12.8 Å². The average molecular weight is 392 g/mol. The minimum Gasteiger partial charge on any atom is -0.497 e. The molecule has 0 aromatic heterocycles. The first-order valence-corrected chi connectivity index (χ1v) is 10.4. The second kappa shape index (κ2) is 8.78. The zero-order valence-electron chi connectivity index (χ0n) is 17.0. The monoisotopic (exact) mass is 392 g/mol. The predicted molar refractivity (Wildman–Crippen MR) is 113 cm³/mol. The largest absolute Gasteiger partial charge is 0.497 e. The fourth-order valence-electron chi connectivity index (χ4n) is 4.23. The maximum absolute atomic E-state index is 12.8. The number of hydrogen-bond donors (Lipinski definition) is 0. The van der Waals surface area contributed by atoms with Gasteiger partial charge in [0.25, 0.3) is 5.91 Å². The van der Waals surface area contributed by atoms with E-state index in [0.717, 1.165) is 37.2 Å². The lowest BCUT2D eigenvalue weighted by Crippen LogP contribution is -2.49. The number of fused-ring (bicyclic) bond motifs is 1. The highest BCUT2D eigenvalue weighted by Crippen LogP contribution is 2.22. The van der Waals surface area contributed by atoms with E-state index in [1.807, 2.05) is 11.0 Å². The summed E-state index contributed by atoms with van der Waals surface area (Å²) in [7, 11) is 1.61. The normalized spacial score (nSPS) is 16.9. The number of amides is 1. The Morgan fingerprint density at radius 3 is 2.21 bits per heavy atom. The van der Waals surface area contributed by atoms with Crippen LogP contribution < -0.4 is 4.74 Å². The fourth-order valence-corrected chi connectivity index (χ4v) is 4.23. The van der Waals surface area contributed by atoms with Gasteiger partial charge in [0.2, 0.25) is 0 Å². The summed E-state index contributed by atoms with van der Waals surface area (Å²) in [6.07, 6.45) is 4.69. The molecule has 0 N–H and O–H groups in total. The Balaban J connectivity index is 1.31. The molecule has 29 heavy (non-hydrogen) atoms. The van der Waals surface area contributed by atoms with Crippen molar-refractivity contribution in [2.75, 3.05) is 39.8 Å². The molecule has 0 saturated carbocycles. The Kier molecular flexibility index (Phi) is 5.95. The standard InChI is InChI=1S/C24H28N2O3/c1-29-22-10-8-19(9-11-22)24(28)26-14-12-25(13-15-26)17-23(27)21-7-6-18-4-2-3-5-20(18)16-21/h6-11,16H,2-5,12-15,17H2,1H3. The summed E-state index contributed by atoms with van der Waals surface area (Å²) in [5, 5.41) is 0. The average Bonchev–Trinajstić information content (AvgIpc) is 2.79. The van der Waals surface area contributed by atoms with Gasteiger partial charge in [-0.3, -0.25) is 14.5 Å². The fraction of sp³-hybridized carbons (Fsp3) is 0.417. The third-order valence-corrected chi connectivity index (χ3v) is 6.03. The number of hydrogen-bond acceptors (Lipinski definition) is 4. The van der Waals surface area contributed by atoms with Crippen molar-refractivity contribution < 1.29 is 14.3 Å². The number of benzene rings is 2. The molecule has 0 atom stereocenters. The first kappa shape index (κ1) is 19.6. The van der Waals surface area contributed by atoms with E-state index >= 15 is 0 Å². The van der Waals surface area contributed by atoms with Gasteiger partial charge in [0.15, 0.2) is 5.78 Å². The van der Waals surface area contributed by atoms with Crippen LogP contribution in [-0.4, -0.2) is 61.3 Å². The van der Waals surface area contributed by atoms with Crippen LogP contribution in [0.15, 0.2) is 42.5 Å². The molecule has 2 aromatic carbocycles. The van der Waals surface area contributed by atoms with Gasteiger partial charge in [-0.1, -0.05) is 12.1 Å². The molecular formula is C24H28N2O3. The topological polar surface area (TPSA) is 49.9 Å². The highest BCUT2D eigenvalue weighted by atomic mass is 16.5. The molecule has 2 aliphatic rings. The predicted octanol–water partition coefficient (Wildman–Crippen LogP) is 3.21. The van der Waals surface area contributed by atoms with Gasteiger partial charge >= 0.3 is 0 Å². The maximum Gasteiger partial charge on any atom is 0.253 e. The maximum atomic E-state index is 12.8. The molecule has 1 aliphatic heterocycles. The lowest BCUT2D eigenvalue weighted by molar-refractivity contribution is 0.0624. The summed E-state index contributed by atoms with van der Waals surface area (Å²) < 4.78 is 5.15. The van der Waals surface area contributed by atoms with Crippen LogP contribution in [0.2, 0.25) is 0 Å². The molecule has 5 heteroatoms. The van der Waals surface area contributed by atoms with Gasteiger partial charge < -0.3 is 9.64 Å². The van der Waals surface area contributed by atoms with Crippen molar-refractivity contribution in [1.29, 1.82) is 0 Å². The summed E-state index contributed by atoms with van der Waals surface area (Å²) in [4.78, 5) is 29.5. The number of ketones is 1. The molecule has 0 bridgehead atoms. The van der Waals surface area contributed by atoms with E-state index in [2.05, 4.69) is 17.0 Å². The number of ether oxygens (including phenoxy) is 1. The Morgan fingerprint density at radius 1 is 0.862 bits per heavy atom. The second-order valence-corrected chi connectivity index (χ2v) is 7.91. The SMILES string of the molecule is COc1ccc(C(=O)N2CCN(CC(=O)c3ccc4c(c3)CCCC4)CC2)cc1. The van der Waals surface area contributed by atoms with Gasteiger partial charge in [0, 0.05) is 37.3 Å². The van der Waals surface area contributed by atoms with Crippen molar-refractivity contribution in [3.05, 3.63) is 64.7 Å². The first-order chi connectivity index (χ1) is 14.1. The lowest BCUT2D eigenvalue weighted by Gasteiger charge is -2.34. The number of piperazine rings is 1. The van der Waals surface area contributed by atoms with E-state index in [0.29, 0.717) is 25.2 Å². The Morgan fingerprint density at radius 2 is 1.52 bits per heavy atom. The second-order valence-electron chi connectivity index (χ2n) is 7.91. The molecule has 152 valence electrons. The van der Waals surface area contributed by atoms with Gasteiger partial charge in [-0.05, 0) is 67.1 Å². The Bertz CT molecular complexity index is 883. The van der Waals surface area contributed by atoms with Gasteiger partial charge in [-0.2, -0.15) is 0 Å². The molecule has 0 spiro atoms. The summed E-state index contributed by atoms with van der Waals surface area (Å²) in [6.45, 7) is 3.14. The van der Waals surface area contributed by atoms with E-state index in [1.165, 1.54) is 24.0 Å². The number of carbonyl (C=O) groups is 2. The van der Waals surface area contributed by atoms with E-state index in [4.69, 9.17) is 4.74 Å². The van der Waals surface area contributed by atoms with Crippen molar-refractivity contribution in [3.63, 3.8) is 0 Å². The molecular weight excluding hydrogens is 364 g/mol. The molecule has 1 heterocycles. The van der Waals surface area contributed by atoms with Crippen LogP contribution in [0, 0.1) is 0 Å². The summed E-state index contributed by atoms with van der Waals surface area (Å²) in [5.41, 5.74) is 4.24. The number of methoxy groups -OCH3 is 1. The molecule has 2 aromatic rings. The zero-order chi connectivity index (χ0) is 20.2. The molecule has 0 unspecified atom stereocenters. The van der Waals surface area contributed by atoms with E-state index in [1.54, 1.807) is 31.4 Å². The third kappa shape index (κ3) is 4.51. The molecule has 1 aliphatic carbocycles. The molecule has 1 amide bonds. The number of carbonyl (C=O) groups excluding carboxylic acids is 2.